The number of anilines is 2. The lowest BCUT2D eigenvalue weighted by Crippen LogP contribution is -2.39. The molecule has 0 unspecified atom stereocenters. The van der Waals surface area contributed by atoms with Gasteiger partial charge in [-0.15, -0.1) is 0 Å². The molecule has 0 fully saturated rings. The Labute approximate surface area is 120 Å². The number of fused-ring (bicyclic) bond motifs is 2. The summed E-state index contributed by atoms with van der Waals surface area (Å²) in [6.45, 7) is 0. The first-order valence-electron chi connectivity index (χ1n) is 6.61. The molecule has 108 valence electrons. The highest BCUT2D eigenvalue weighted by Gasteiger charge is 2.36. The minimum absolute atomic E-state index is 0.135. The highest BCUT2D eigenvalue weighted by atomic mass is 16.6. The third-order valence-corrected chi connectivity index (χ3v) is 3.84. The zero-order chi connectivity index (χ0) is 15.0. The number of carbonyl (C=O) groups excluding carboxylic acids is 2. The number of rotatable bonds is 1. The minimum Gasteiger partial charge on any atom is -0.324 e. The number of benzene rings is 1. The van der Waals surface area contributed by atoms with Gasteiger partial charge in [0.05, 0.1) is 28.1 Å². The van der Waals surface area contributed by atoms with Gasteiger partial charge in [0.1, 0.15) is 0 Å². The summed E-state index contributed by atoms with van der Waals surface area (Å²) in [6.07, 6.45) is 4.79. The SMILES string of the molecule is O=C1Nc2cc([N+](=O)[O-])ccc2NC(=O)[C@@H]2CC=CC[C@H]12. The van der Waals surface area contributed by atoms with Crippen molar-refractivity contribution in [3.05, 3.63) is 40.5 Å². The fourth-order valence-corrected chi connectivity index (χ4v) is 2.70. The largest absolute Gasteiger partial charge is 0.324 e. The molecule has 2 N–H and O–H groups in total. The maximum atomic E-state index is 12.3. The summed E-state index contributed by atoms with van der Waals surface area (Å²) in [6, 6.07) is 3.99. The van der Waals surface area contributed by atoms with Crippen LogP contribution in [-0.2, 0) is 9.59 Å². The van der Waals surface area contributed by atoms with E-state index in [1.807, 2.05) is 12.2 Å². The molecular weight excluding hydrogens is 274 g/mol. The van der Waals surface area contributed by atoms with E-state index in [2.05, 4.69) is 10.6 Å². The van der Waals surface area contributed by atoms with Gasteiger partial charge < -0.3 is 10.6 Å². The Hall–Kier alpha value is -2.70. The monoisotopic (exact) mass is 287 g/mol. The van der Waals surface area contributed by atoms with Gasteiger partial charge in [-0.05, 0) is 18.9 Å². The fourth-order valence-electron chi connectivity index (χ4n) is 2.70. The van der Waals surface area contributed by atoms with Gasteiger partial charge in [-0.25, -0.2) is 0 Å². The standard InChI is InChI=1S/C14H13N3O4/c18-13-9-3-1-2-4-10(9)14(19)16-12-7-8(17(20)21)5-6-11(12)15-13/h1-2,5-7,9-10H,3-4H2,(H,15,18)(H,16,19)/t9-,10+/m1/s1. The van der Waals surface area contributed by atoms with Crippen LogP contribution in [-0.4, -0.2) is 16.7 Å². The first kappa shape index (κ1) is 13.3. The van der Waals surface area contributed by atoms with Crippen LogP contribution in [0.3, 0.4) is 0 Å². The number of carbonyl (C=O) groups is 2. The van der Waals surface area contributed by atoms with E-state index < -0.39 is 16.8 Å². The van der Waals surface area contributed by atoms with E-state index in [1.165, 1.54) is 18.2 Å². The van der Waals surface area contributed by atoms with Crippen molar-refractivity contribution in [3.8, 4) is 0 Å². The average molecular weight is 287 g/mol. The number of nitrogens with zero attached hydrogens (tertiary/aromatic N) is 1. The van der Waals surface area contributed by atoms with Crippen molar-refractivity contribution in [2.45, 2.75) is 12.8 Å². The van der Waals surface area contributed by atoms with Crippen molar-refractivity contribution in [2.24, 2.45) is 11.8 Å². The average Bonchev–Trinajstić information content (AvgIpc) is 2.47. The maximum Gasteiger partial charge on any atom is 0.271 e. The first-order chi connectivity index (χ1) is 10.1. The molecule has 1 aromatic rings. The Morgan fingerprint density at radius 3 is 2.14 bits per heavy atom. The minimum atomic E-state index is -0.542. The molecule has 2 atom stereocenters. The Balaban J connectivity index is 2.01. The van der Waals surface area contributed by atoms with Crippen molar-refractivity contribution in [2.75, 3.05) is 10.6 Å². The Kier molecular flexibility index (Phi) is 3.17. The highest BCUT2D eigenvalue weighted by molar-refractivity contribution is 6.06. The van der Waals surface area contributed by atoms with Crippen molar-refractivity contribution in [1.82, 2.24) is 0 Å². The van der Waals surface area contributed by atoms with E-state index >= 15 is 0 Å². The lowest BCUT2D eigenvalue weighted by atomic mass is 9.81. The Morgan fingerprint density at radius 1 is 1.00 bits per heavy atom. The molecule has 1 aliphatic heterocycles. The normalized spacial score (nSPS) is 24.0. The molecule has 0 saturated heterocycles. The number of amides is 2. The summed E-state index contributed by atoms with van der Waals surface area (Å²) in [5, 5.41) is 16.2. The quantitative estimate of drug-likeness (QED) is 0.469. The van der Waals surface area contributed by atoms with Crippen LogP contribution in [0.2, 0.25) is 0 Å². The summed E-state index contributed by atoms with van der Waals surface area (Å²) in [4.78, 5) is 34.8. The number of allylic oxidation sites excluding steroid dienone is 2. The Bertz CT molecular complexity index is 668. The van der Waals surface area contributed by atoms with Crippen LogP contribution in [0, 0.1) is 22.0 Å². The molecular formula is C14H13N3O4. The molecule has 1 aliphatic carbocycles. The number of nitro groups is 1. The topological polar surface area (TPSA) is 101 Å². The van der Waals surface area contributed by atoms with Gasteiger partial charge in [-0.3, -0.25) is 19.7 Å². The van der Waals surface area contributed by atoms with Crippen LogP contribution in [0.25, 0.3) is 0 Å². The van der Waals surface area contributed by atoms with E-state index in [0.29, 0.717) is 18.5 Å². The molecule has 0 spiro atoms. The van der Waals surface area contributed by atoms with Crippen LogP contribution in [0.15, 0.2) is 30.4 Å². The van der Waals surface area contributed by atoms with Crippen LogP contribution in [0.4, 0.5) is 17.1 Å². The summed E-state index contributed by atoms with van der Waals surface area (Å²) < 4.78 is 0. The number of nitrogens with one attached hydrogen (secondary N) is 2. The molecule has 0 saturated carbocycles. The number of nitro benzene ring substituents is 1. The predicted octanol–water partition coefficient (Wildman–Crippen LogP) is 2.07. The van der Waals surface area contributed by atoms with Gasteiger partial charge in [0.25, 0.3) is 5.69 Å². The van der Waals surface area contributed by atoms with Gasteiger partial charge in [0.2, 0.25) is 11.8 Å². The summed E-state index contributed by atoms with van der Waals surface area (Å²) >= 11 is 0. The van der Waals surface area contributed by atoms with Crippen LogP contribution >= 0.6 is 0 Å². The van der Waals surface area contributed by atoms with Gasteiger partial charge in [0, 0.05) is 12.1 Å². The molecule has 7 nitrogen and oxygen atoms in total. The lowest BCUT2D eigenvalue weighted by molar-refractivity contribution is -0.384. The lowest BCUT2D eigenvalue weighted by Gasteiger charge is -2.29. The smallest absolute Gasteiger partial charge is 0.271 e. The molecule has 2 aliphatic rings. The molecule has 3 rings (SSSR count). The number of non-ortho nitro benzene ring substituents is 1. The third-order valence-electron chi connectivity index (χ3n) is 3.84. The zero-order valence-corrected chi connectivity index (χ0v) is 11.0. The predicted molar refractivity (Wildman–Crippen MR) is 75.7 cm³/mol. The van der Waals surface area contributed by atoms with Crippen LogP contribution in [0.5, 0.6) is 0 Å². The molecule has 0 aromatic heterocycles. The highest BCUT2D eigenvalue weighted by Crippen LogP contribution is 2.34. The molecule has 0 radical (unpaired) electrons. The van der Waals surface area contributed by atoms with Crippen LogP contribution < -0.4 is 10.6 Å². The van der Waals surface area contributed by atoms with Crippen LogP contribution in [0.1, 0.15) is 12.8 Å². The maximum absolute atomic E-state index is 12.3. The zero-order valence-electron chi connectivity index (χ0n) is 11.0. The van der Waals surface area contributed by atoms with Gasteiger partial charge in [-0.2, -0.15) is 0 Å². The molecule has 2 amide bonds. The molecule has 1 heterocycles. The summed E-state index contributed by atoms with van der Waals surface area (Å²) in [7, 11) is 0. The second-order valence-corrected chi connectivity index (χ2v) is 5.12. The first-order valence-corrected chi connectivity index (χ1v) is 6.61. The summed E-state index contributed by atoms with van der Waals surface area (Å²) in [5.74, 6) is -1.35. The van der Waals surface area contributed by atoms with E-state index in [9.17, 15) is 19.7 Å². The van der Waals surface area contributed by atoms with E-state index in [-0.39, 0.29) is 23.2 Å². The van der Waals surface area contributed by atoms with Crippen molar-refractivity contribution in [3.63, 3.8) is 0 Å². The number of hydrogen-bond donors (Lipinski definition) is 2. The fraction of sp³-hybridized carbons (Fsp3) is 0.286. The molecule has 0 bridgehead atoms. The van der Waals surface area contributed by atoms with Gasteiger partial charge in [0.15, 0.2) is 0 Å². The van der Waals surface area contributed by atoms with Crippen molar-refractivity contribution >= 4 is 28.9 Å². The Morgan fingerprint density at radius 2 is 1.57 bits per heavy atom. The van der Waals surface area contributed by atoms with Gasteiger partial charge in [-0.1, -0.05) is 12.2 Å². The van der Waals surface area contributed by atoms with Crippen molar-refractivity contribution in [1.29, 1.82) is 0 Å². The second kappa shape index (κ2) is 5.01. The number of hydrogen-bond acceptors (Lipinski definition) is 4. The van der Waals surface area contributed by atoms with E-state index in [0.717, 1.165) is 0 Å². The van der Waals surface area contributed by atoms with Crippen molar-refractivity contribution < 1.29 is 14.5 Å². The second-order valence-electron chi connectivity index (χ2n) is 5.12. The van der Waals surface area contributed by atoms with E-state index in [4.69, 9.17) is 0 Å². The molecule has 1 aromatic carbocycles. The third kappa shape index (κ3) is 2.37. The molecule has 21 heavy (non-hydrogen) atoms. The molecule has 7 heteroatoms. The summed E-state index contributed by atoms with van der Waals surface area (Å²) in [5.41, 5.74) is 0.506. The van der Waals surface area contributed by atoms with Gasteiger partial charge >= 0.3 is 0 Å². The van der Waals surface area contributed by atoms with E-state index in [1.54, 1.807) is 0 Å².